The molecule has 0 aliphatic carbocycles. The Morgan fingerprint density at radius 3 is 2.41 bits per heavy atom. The minimum absolute atomic E-state index is 0.0558. The van der Waals surface area contributed by atoms with Gasteiger partial charge in [-0.15, -0.1) is 6.58 Å². The van der Waals surface area contributed by atoms with Gasteiger partial charge in [0.25, 0.3) is 0 Å². The summed E-state index contributed by atoms with van der Waals surface area (Å²) in [6.45, 7) is 4.48. The third kappa shape index (κ3) is 5.63. The van der Waals surface area contributed by atoms with E-state index in [0.29, 0.717) is 5.52 Å². The summed E-state index contributed by atoms with van der Waals surface area (Å²) in [5.74, 6) is -0.448. The van der Waals surface area contributed by atoms with Gasteiger partial charge < -0.3 is 20.2 Å². The first-order valence-corrected chi connectivity index (χ1v) is 15.2. The molecule has 238 valence electrons. The summed E-state index contributed by atoms with van der Waals surface area (Å²) < 4.78 is 3.14. The van der Waals surface area contributed by atoms with Gasteiger partial charge in [-0.05, 0) is 34.9 Å². The lowest BCUT2D eigenvalue weighted by Gasteiger charge is -2.55. The van der Waals surface area contributed by atoms with Crippen molar-refractivity contribution in [3.63, 3.8) is 0 Å². The van der Waals surface area contributed by atoms with Gasteiger partial charge in [-0.1, -0.05) is 60.7 Å². The molecular formula is C34H37N7O5. The highest BCUT2D eigenvalue weighted by molar-refractivity contribution is 5.92. The SMILES string of the molecule is C=CCN1CC(=O)N2[C@@H](Cc3ccc(O)cc3)C(=O)N(Cc3cccc4c3n(C)c(=O)n4C)C[C@@H]2N1C(=O)NCc1ccccc1. The topological polar surface area (TPSA) is 123 Å². The predicted octanol–water partition coefficient (Wildman–Crippen LogP) is 2.32. The monoisotopic (exact) mass is 623 g/mol. The Hall–Kier alpha value is -5.36. The van der Waals surface area contributed by atoms with Crippen molar-refractivity contribution >= 4 is 28.9 Å². The summed E-state index contributed by atoms with van der Waals surface area (Å²) in [6.07, 6.45) is 1.01. The predicted molar refractivity (Wildman–Crippen MR) is 172 cm³/mol. The number of hydrogen-bond donors (Lipinski definition) is 2. The van der Waals surface area contributed by atoms with E-state index in [9.17, 15) is 24.3 Å². The first-order chi connectivity index (χ1) is 22.2. The highest BCUT2D eigenvalue weighted by Gasteiger charge is 2.51. The fourth-order valence-corrected chi connectivity index (χ4v) is 6.55. The van der Waals surface area contributed by atoms with Gasteiger partial charge in [0, 0.05) is 40.2 Å². The standard InChI is InChI=1S/C34H37N7O5/c1-4-17-39-22-30(43)40-28(18-23-13-15-26(42)16-14-23)32(44)38(20-25-11-8-12-27-31(25)37(3)34(46)36(27)2)21-29(40)41(39)33(45)35-19-24-9-6-5-7-10-24/h4-16,28-29,42H,1,17-22H2,2-3H3,(H,35,45)/t28-,29-/m0/s1. The van der Waals surface area contributed by atoms with Gasteiger partial charge in [0.2, 0.25) is 11.8 Å². The quantitative estimate of drug-likeness (QED) is 0.291. The smallest absolute Gasteiger partial charge is 0.334 e. The molecule has 0 radical (unpaired) electrons. The van der Waals surface area contributed by atoms with E-state index in [4.69, 9.17) is 0 Å². The second-order valence-corrected chi connectivity index (χ2v) is 11.7. The molecule has 2 saturated heterocycles. The fourth-order valence-electron chi connectivity index (χ4n) is 6.55. The van der Waals surface area contributed by atoms with Crippen LogP contribution in [0.1, 0.15) is 16.7 Å². The van der Waals surface area contributed by atoms with E-state index in [1.807, 2.05) is 48.5 Å². The van der Waals surface area contributed by atoms with Gasteiger partial charge in [0.15, 0.2) is 0 Å². The van der Waals surface area contributed by atoms with Gasteiger partial charge >= 0.3 is 11.7 Å². The summed E-state index contributed by atoms with van der Waals surface area (Å²) >= 11 is 0. The molecule has 2 N–H and O–H groups in total. The van der Waals surface area contributed by atoms with Gasteiger partial charge in [0.05, 0.1) is 24.1 Å². The van der Waals surface area contributed by atoms with Crippen LogP contribution in [0, 0.1) is 0 Å². The maximum Gasteiger partial charge on any atom is 0.334 e. The Morgan fingerprint density at radius 2 is 1.70 bits per heavy atom. The third-order valence-corrected chi connectivity index (χ3v) is 8.76. The number of para-hydroxylation sites is 1. The highest BCUT2D eigenvalue weighted by atomic mass is 16.3. The molecule has 2 fully saturated rings. The molecule has 2 atom stereocenters. The number of nitrogens with zero attached hydrogens (tertiary/aromatic N) is 6. The molecule has 4 amide bonds. The molecule has 0 unspecified atom stereocenters. The second kappa shape index (κ2) is 12.6. The number of aryl methyl sites for hydroxylation is 2. The van der Waals surface area contributed by atoms with Crippen molar-refractivity contribution in [1.29, 1.82) is 0 Å². The van der Waals surface area contributed by atoms with Gasteiger partial charge in [-0.3, -0.25) is 18.7 Å². The zero-order valence-corrected chi connectivity index (χ0v) is 25.9. The molecule has 2 aliphatic heterocycles. The van der Waals surface area contributed by atoms with Crippen LogP contribution >= 0.6 is 0 Å². The van der Waals surface area contributed by atoms with E-state index < -0.39 is 18.2 Å². The average molecular weight is 624 g/mol. The number of fused-ring (bicyclic) bond motifs is 2. The number of urea groups is 1. The summed E-state index contributed by atoms with van der Waals surface area (Å²) in [5, 5.41) is 16.0. The number of aromatic hydroxyl groups is 1. The highest BCUT2D eigenvalue weighted by Crippen LogP contribution is 2.30. The fraction of sp³-hybridized carbons (Fsp3) is 0.294. The number of aromatic nitrogens is 2. The molecule has 46 heavy (non-hydrogen) atoms. The van der Waals surface area contributed by atoms with Crippen LogP contribution in [0.25, 0.3) is 11.0 Å². The van der Waals surface area contributed by atoms with E-state index in [-0.39, 0.29) is 62.4 Å². The summed E-state index contributed by atoms with van der Waals surface area (Å²) in [4.78, 5) is 58.1. The van der Waals surface area contributed by atoms with Crippen molar-refractivity contribution in [2.45, 2.75) is 31.7 Å². The first kappa shape index (κ1) is 30.7. The maximum absolute atomic E-state index is 14.3. The van der Waals surface area contributed by atoms with Crippen LogP contribution in [0.15, 0.2) is 90.2 Å². The number of nitrogens with one attached hydrogen (secondary N) is 1. The molecule has 12 heteroatoms. The van der Waals surface area contributed by atoms with E-state index >= 15 is 0 Å². The van der Waals surface area contributed by atoms with E-state index in [2.05, 4.69) is 11.9 Å². The number of carbonyl (C=O) groups is 3. The van der Waals surface area contributed by atoms with Crippen LogP contribution < -0.4 is 11.0 Å². The normalized spacial score (nSPS) is 18.6. The van der Waals surface area contributed by atoms with Crippen LogP contribution in [0.5, 0.6) is 5.75 Å². The van der Waals surface area contributed by atoms with Crippen molar-refractivity contribution in [3.8, 4) is 5.75 Å². The van der Waals surface area contributed by atoms with E-state index in [0.717, 1.165) is 22.2 Å². The van der Waals surface area contributed by atoms with Crippen LogP contribution in [-0.4, -0.2) is 83.7 Å². The lowest BCUT2D eigenvalue weighted by Crippen LogP contribution is -2.76. The Labute approximate surface area is 266 Å². The summed E-state index contributed by atoms with van der Waals surface area (Å²) in [5.41, 5.74) is 3.72. The molecule has 3 aromatic carbocycles. The number of amides is 4. The van der Waals surface area contributed by atoms with Crippen molar-refractivity contribution in [2.24, 2.45) is 14.1 Å². The molecule has 4 aromatic rings. The van der Waals surface area contributed by atoms with Crippen LogP contribution in [0.4, 0.5) is 4.79 Å². The molecule has 0 spiro atoms. The minimum atomic E-state index is -0.912. The zero-order chi connectivity index (χ0) is 32.5. The third-order valence-electron chi connectivity index (χ3n) is 8.76. The molecule has 0 saturated carbocycles. The Kier molecular flexibility index (Phi) is 8.37. The second-order valence-electron chi connectivity index (χ2n) is 11.7. The maximum atomic E-state index is 14.3. The molecule has 12 nitrogen and oxygen atoms in total. The molecule has 1 aromatic heterocycles. The first-order valence-electron chi connectivity index (χ1n) is 15.2. The van der Waals surface area contributed by atoms with Crippen molar-refractivity contribution in [3.05, 3.63) is 113 Å². The number of phenols is 1. The molecular weight excluding hydrogens is 586 g/mol. The molecule has 6 rings (SSSR count). The number of imidazole rings is 1. The summed E-state index contributed by atoms with van der Waals surface area (Å²) in [7, 11) is 3.41. The van der Waals surface area contributed by atoms with Gasteiger partial charge in [-0.25, -0.2) is 19.6 Å². The van der Waals surface area contributed by atoms with Gasteiger partial charge in [0.1, 0.15) is 18.0 Å². The Morgan fingerprint density at radius 1 is 0.957 bits per heavy atom. The van der Waals surface area contributed by atoms with Crippen molar-refractivity contribution in [2.75, 3.05) is 19.6 Å². The zero-order valence-electron chi connectivity index (χ0n) is 25.9. The van der Waals surface area contributed by atoms with E-state index in [1.54, 1.807) is 63.5 Å². The Bertz CT molecular complexity index is 1850. The van der Waals surface area contributed by atoms with Crippen LogP contribution in [-0.2, 0) is 43.2 Å². The lowest BCUT2D eigenvalue weighted by atomic mass is 9.98. The van der Waals surface area contributed by atoms with Crippen molar-refractivity contribution in [1.82, 2.24) is 34.3 Å². The number of rotatable bonds is 8. The lowest BCUT2D eigenvalue weighted by molar-refractivity contribution is -0.189. The van der Waals surface area contributed by atoms with Crippen LogP contribution in [0.3, 0.4) is 0 Å². The number of carbonyl (C=O) groups excluding carboxylic acids is 3. The molecule has 3 heterocycles. The molecule has 2 aliphatic rings. The number of piperazine rings is 1. The minimum Gasteiger partial charge on any atom is -0.508 e. The average Bonchev–Trinajstić information content (AvgIpc) is 3.27. The largest absolute Gasteiger partial charge is 0.508 e. The number of phenolic OH excluding ortho intramolecular Hbond substituents is 1. The summed E-state index contributed by atoms with van der Waals surface area (Å²) in [6, 6.07) is 20.3. The van der Waals surface area contributed by atoms with Crippen LogP contribution in [0.2, 0.25) is 0 Å². The van der Waals surface area contributed by atoms with E-state index in [1.165, 1.54) is 9.91 Å². The van der Waals surface area contributed by atoms with Crippen molar-refractivity contribution < 1.29 is 19.5 Å². The van der Waals surface area contributed by atoms with Gasteiger partial charge in [-0.2, -0.15) is 0 Å². The number of benzene rings is 3. The Balaban J connectivity index is 1.39. The number of hydrogen-bond acceptors (Lipinski definition) is 6. The number of hydrazine groups is 1. The molecule has 0 bridgehead atoms.